The molecule has 5 N–H and O–H groups in total. The van der Waals surface area contributed by atoms with Crippen LogP contribution in [0.1, 0.15) is 36.9 Å². The van der Waals surface area contributed by atoms with Crippen LogP contribution in [0.4, 0.5) is 11.8 Å². The lowest BCUT2D eigenvalue weighted by Gasteiger charge is -2.26. The molecular weight excluding hydrogens is 322 g/mol. The van der Waals surface area contributed by atoms with E-state index in [1.807, 2.05) is 18.2 Å². The average Bonchev–Trinajstić information content (AvgIpc) is 2.60. The Kier molecular flexibility index (Phi) is 5.53. The zero-order valence-electron chi connectivity index (χ0n) is 13.7. The van der Waals surface area contributed by atoms with Gasteiger partial charge in [-0.1, -0.05) is 41.9 Å². The van der Waals surface area contributed by atoms with Crippen molar-refractivity contribution in [1.29, 1.82) is 0 Å². The van der Waals surface area contributed by atoms with Gasteiger partial charge in [-0.25, -0.2) is 4.98 Å². The third-order valence-corrected chi connectivity index (χ3v) is 5.02. The van der Waals surface area contributed by atoms with Crippen molar-refractivity contribution in [1.82, 2.24) is 9.97 Å². The van der Waals surface area contributed by atoms with Crippen LogP contribution in [-0.4, -0.2) is 16.0 Å². The second-order valence-corrected chi connectivity index (χ2v) is 6.90. The van der Waals surface area contributed by atoms with Crippen LogP contribution in [0.15, 0.2) is 30.3 Å². The quantitative estimate of drug-likeness (QED) is 0.772. The highest BCUT2D eigenvalue weighted by atomic mass is 35.5. The number of nitrogens with one attached hydrogen (secondary N) is 1. The van der Waals surface area contributed by atoms with E-state index >= 15 is 0 Å². The molecule has 1 heterocycles. The summed E-state index contributed by atoms with van der Waals surface area (Å²) in [5, 5.41) is 3.71. The lowest BCUT2D eigenvalue weighted by molar-refractivity contribution is 0.323. The summed E-state index contributed by atoms with van der Waals surface area (Å²) in [6.07, 6.45) is 5.21. The van der Waals surface area contributed by atoms with Gasteiger partial charge in [-0.15, -0.1) is 0 Å². The van der Waals surface area contributed by atoms with Crippen LogP contribution in [-0.2, 0) is 13.0 Å². The maximum atomic E-state index is 6.33. The molecule has 0 atom stereocenters. The van der Waals surface area contributed by atoms with E-state index in [0.29, 0.717) is 35.3 Å². The number of hydrogen-bond acceptors (Lipinski definition) is 5. The number of benzene rings is 1. The third-order valence-electron chi connectivity index (χ3n) is 4.61. The molecule has 0 radical (unpaired) electrons. The van der Waals surface area contributed by atoms with Crippen molar-refractivity contribution in [2.45, 2.75) is 44.7 Å². The van der Waals surface area contributed by atoms with Gasteiger partial charge in [-0.05, 0) is 43.6 Å². The normalized spacial score (nSPS) is 20.8. The molecule has 0 bridgehead atoms. The van der Waals surface area contributed by atoms with Crippen LogP contribution in [0, 0.1) is 5.92 Å². The largest absolute Gasteiger partial charge is 0.382 e. The standard InChI is InChI=1S/C18H24ClN5/c19-16-15(10-12-6-8-14(20)9-7-12)23-18(24-17(16)21)22-11-13-4-2-1-3-5-13/h1-5,12,14H,6-11,20H2,(H3,21,22,23,24)/t12-,14-. The van der Waals surface area contributed by atoms with E-state index in [-0.39, 0.29) is 0 Å². The van der Waals surface area contributed by atoms with E-state index in [9.17, 15) is 0 Å². The van der Waals surface area contributed by atoms with Crippen LogP contribution in [0.5, 0.6) is 0 Å². The fourth-order valence-corrected chi connectivity index (χ4v) is 3.33. The molecule has 6 heteroatoms. The monoisotopic (exact) mass is 345 g/mol. The first-order chi connectivity index (χ1) is 11.6. The molecule has 2 aromatic rings. The molecule has 1 fully saturated rings. The second-order valence-electron chi connectivity index (χ2n) is 6.52. The number of nitrogens with zero attached hydrogens (tertiary/aromatic N) is 2. The SMILES string of the molecule is Nc1nc(NCc2ccccc2)nc(C[C@H]2CC[C@H](N)CC2)c1Cl. The summed E-state index contributed by atoms with van der Waals surface area (Å²) in [6, 6.07) is 10.5. The van der Waals surface area contributed by atoms with E-state index in [2.05, 4.69) is 27.4 Å². The van der Waals surface area contributed by atoms with Gasteiger partial charge in [0.25, 0.3) is 0 Å². The molecule has 0 spiro atoms. The topological polar surface area (TPSA) is 89.8 Å². The molecule has 1 aliphatic rings. The first kappa shape index (κ1) is 17.0. The molecular formula is C18H24ClN5. The molecule has 1 saturated carbocycles. The smallest absolute Gasteiger partial charge is 0.225 e. The van der Waals surface area contributed by atoms with Crippen molar-refractivity contribution in [3.63, 3.8) is 0 Å². The highest BCUT2D eigenvalue weighted by Gasteiger charge is 2.21. The van der Waals surface area contributed by atoms with Gasteiger partial charge in [0.05, 0.1) is 5.69 Å². The number of aromatic nitrogens is 2. The zero-order valence-corrected chi connectivity index (χ0v) is 14.5. The Hall–Kier alpha value is -1.85. The minimum absolute atomic E-state index is 0.338. The van der Waals surface area contributed by atoms with E-state index in [4.69, 9.17) is 23.1 Å². The molecule has 0 saturated heterocycles. The first-order valence-electron chi connectivity index (χ1n) is 8.47. The van der Waals surface area contributed by atoms with E-state index in [1.165, 1.54) is 0 Å². The average molecular weight is 346 g/mol. The van der Waals surface area contributed by atoms with Gasteiger partial charge in [0, 0.05) is 12.6 Å². The zero-order chi connectivity index (χ0) is 16.9. The number of nitrogens with two attached hydrogens (primary N) is 2. The molecule has 128 valence electrons. The third kappa shape index (κ3) is 4.36. The van der Waals surface area contributed by atoms with Gasteiger partial charge in [-0.2, -0.15) is 4.98 Å². The van der Waals surface area contributed by atoms with E-state index in [0.717, 1.165) is 43.4 Å². The van der Waals surface area contributed by atoms with Crippen LogP contribution in [0.3, 0.4) is 0 Å². The summed E-state index contributed by atoms with van der Waals surface area (Å²) in [5.74, 6) is 1.44. The molecule has 1 aromatic heterocycles. The summed E-state index contributed by atoms with van der Waals surface area (Å²) in [5.41, 5.74) is 14.0. The lowest BCUT2D eigenvalue weighted by Crippen LogP contribution is -2.27. The van der Waals surface area contributed by atoms with Crippen molar-refractivity contribution in [2.75, 3.05) is 11.1 Å². The van der Waals surface area contributed by atoms with E-state index < -0.39 is 0 Å². The number of rotatable bonds is 5. The molecule has 5 nitrogen and oxygen atoms in total. The van der Waals surface area contributed by atoms with Crippen LogP contribution < -0.4 is 16.8 Å². The fraction of sp³-hybridized carbons (Fsp3) is 0.444. The van der Waals surface area contributed by atoms with Gasteiger partial charge in [0.2, 0.25) is 5.95 Å². The van der Waals surface area contributed by atoms with Crippen LogP contribution in [0.2, 0.25) is 5.02 Å². The Morgan fingerprint density at radius 3 is 2.50 bits per heavy atom. The molecule has 1 aromatic carbocycles. The minimum atomic E-state index is 0.338. The van der Waals surface area contributed by atoms with Crippen LogP contribution in [0.25, 0.3) is 0 Å². The predicted octanol–water partition coefficient (Wildman–Crippen LogP) is 3.38. The maximum Gasteiger partial charge on any atom is 0.225 e. The van der Waals surface area contributed by atoms with E-state index in [1.54, 1.807) is 0 Å². The number of hydrogen-bond donors (Lipinski definition) is 3. The molecule has 0 unspecified atom stereocenters. The summed E-state index contributed by atoms with van der Waals surface area (Å²) in [7, 11) is 0. The van der Waals surface area contributed by atoms with Gasteiger partial charge in [-0.3, -0.25) is 0 Å². The summed E-state index contributed by atoms with van der Waals surface area (Å²) in [6.45, 7) is 0.652. The molecule has 1 aliphatic carbocycles. The first-order valence-corrected chi connectivity index (χ1v) is 8.85. The second kappa shape index (κ2) is 7.81. The van der Waals surface area contributed by atoms with Crippen molar-refractivity contribution in [3.8, 4) is 0 Å². The van der Waals surface area contributed by atoms with Crippen molar-refractivity contribution >= 4 is 23.4 Å². The Morgan fingerprint density at radius 2 is 1.79 bits per heavy atom. The Morgan fingerprint density at radius 1 is 1.08 bits per heavy atom. The Labute approximate surface area is 147 Å². The molecule has 24 heavy (non-hydrogen) atoms. The van der Waals surface area contributed by atoms with Gasteiger partial charge < -0.3 is 16.8 Å². The Bertz CT molecular complexity index is 669. The summed E-state index contributed by atoms with van der Waals surface area (Å²) in [4.78, 5) is 8.85. The van der Waals surface area contributed by atoms with Gasteiger partial charge in [0.15, 0.2) is 0 Å². The fourth-order valence-electron chi connectivity index (χ4n) is 3.17. The Balaban J connectivity index is 1.68. The molecule has 0 amide bonds. The highest BCUT2D eigenvalue weighted by molar-refractivity contribution is 6.33. The molecule has 0 aliphatic heterocycles. The maximum absolute atomic E-state index is 6.33. The summed E-state index contributed by atoms with van der Waals surface area (Å²) < 4.78 is 0. The predicted molar refractivity (Wildman–Crippen MR) is 98.9 cm³/mol. The van der Waals surface area contributed by atoms with Crippen molar-refractivity contribution in [3.05, 3.63) is 46.6 Å². The van der Waals surface area contributed by atoms with Crippen LogP contribution >= 0.6 is 11.6 Å². The molecule has 3 rings (SSSR count). The number of anilines is 2. The van der Waals surface area contributed by atoms with Gasteiger partial charge >= 0.3 is 0 Å². The lowest BCUT2D eigenvalue weighted by atomic mass is 9.84. The summed E-state index contributed by atoms with van der Waals surface area (Å²) >= 11 is 6.33. The number of halogens is 1. The van der Waals surface area contributed by atoms with Crippen molar-refractivity contribution < 1.29 is 0 Å². The number of nitrogen functional groups attached to an aromatic ring is 1. The van der Waals surface area contributed by atoms with Gasteiger partial charge in [0.1, 0.15) is 10.8 Å². The minimum Gasteiger partial charge on any atom is -0.382 e. The van der Waals surface area contributed by atoms with Crippen molar-refractivity contribution in [2.24, 2.45) is 11.7 Å². The highest BCUT2D eigenvalue weighted by Crippen LogP contribution is 2.30.